The Labute approximate surface area is 161 Å². The lowest BCUT2D eigenvalue weighted by molar-refractivity contribution is -0.156. The number of halogens is 1. The summed E-state index contributed by atoms with van der Waals surface area (Å²) in [6, 6.07) is 17.3. The van der Waals surface area contributed by atoms with Crippen molar-refractivity contribution in [2.45, 2.75) is 31.5 Å². The van der Waals surface area contributed by atoms with Gasteiger partial charge in [0.05, 0.1) is 12.0 Å². The van der Waals surface area contributed by atoms with Crippen molar-refractivity contribution in [3.8, 4) is 0 Å². The van der Waals surface area contributed by atoms with E-state index in [1.165, 1.54) is 0 Å². The monoisotopic (exact) mass is 418 g/mol. The maximum atomic E-state index is 12.9. The van der Waals surface area contributed by atoms with E-state index in [0.29, 0.717) is 12.8 Å². The van der Waals surface area contributed by atoms with Crippen LogP contribution in [0.5, 0.6) is 0 Å². The maximum Gasteiger partial charge on any atom is 0.310 e. The Balaban J connectivity index is 1.80. The topological polar surface area (TPSA) is 66.8 Å². The molecule has 0 spiro atoms. The first-order chi connectivity index (χ1) is 12.6. The molecule has 0 bridgehead atoms. The zero-order chi connectivity index (χ0) is 18.5. The van der Waals surface area contributed by atoms with E-state index in [2.05, 4.69) is 15.9 Å². The van der Waals surface area contributed by atoms with Crippen LogP contribution in [0, 0.1) is 11.8 Å². The molecule has 138 valence electrons. The molecule has 0 heterocycles. The first-order valence-corrected chi connectivity index (χ1v) is 9.62. The van der Waals surface area contributed by atoms with Crippen LogP contribution in [-0.4, -0.2) is 28.9 Å². The van der Waals surface area contributed by atoms with E-state index in [4.69, 9.17) is 4.74 Å². The Hall–Kier alpha value is -1.69. The summed E-state index contributed by atoms with van der Waals surface area (Å²) in [7, 11) is 0. The van der Waals surface area contributed by atoms with Gasteiger partial charge in [-0.15, -0.1) is 0 Å². The lowest BCUT2D eigenvalue weighted by Gasteiger charge is -2.38. The second kappa shape index (κ2) is 8.80. The Morgan fingerprint density at radius 3 is 2.42 bits per heavy atom. The normalized spacial score (nSPS) is 25.7. The van der Waals surface area contributed by atoms with E-state index in [1.807, 2.05) is 54.6 Å². The van der Waals surface area contributed by atoms with Gasteiger partial charge in [-0.25, -0.2) is 0 Å². The number of rotatable bonds is 5. The smallest absolute Gasteiger partial charge is 0.310 e. The number of benzene rings is 2. The average Bonchev–Trinajstić information content (AvgIpc) is 2.66. The molecule has 2 N–H and O–H groups in total. The van der Waals surface area contributed by atoms with Crippen molar-refractivity contribution in [1.82, 2.24) is 0 Å². The Bertz CT molecular complexity index is 717. The highest BCUT2D eigenvalue weighted by atomic mass is 79.9. The van der Waals surface area contributed by atoms with Crippen LogP contribution in [0.1, 0.15) is 29.9 Å². The fourth-order valence-electron chi connectivity index (χ4n) is 3.78. The van der Waals surface area contributed by atoms with Gasteiger partial charge in [0.2, 0.25) is 0 Å². The van der Waals surface area contributed by atoms with Crippen LogP contribution in [0.3, 0.4) is 0 Å². The summed E-state index contributed by atoms with van der Waals surface area (Å²) in [5.41, 5.74) is 1.91. The standard InChI is InChI=1S/C21H23BrO4/c22-17-8-6-15(7-9-17)19-11-18(24)10-16(12-23)20(19)21(25)26-13-14-4-2-1-3-5-14/h1-9,16,18-20,23-24H,10-13H2/t16-,18-,19+,20-/m0/s1. The van der Waals surface area contributed by atoms with Gasteiger partial charge in [0.25, 0.3) is 0 Å². The minimum atomic E-state index is -0.529. The van der Waals surface area contributed by atoms with Gasteiger partial charge in [-0.1, -0.05) is 58.4 Å². The Morgan fingerprint density at radius 2 is 1.77 bits per heavy atom. The fraction of sp³-hybridized carbons (Fsp3) is 0.381. The highest BCUT2D eigenvalue weighted by Crippen LogP contribution is 2.42. The van der Waals surface area contributed by atoms with Gasteiger partial charge in [-0.05, 0) is 47.9 Å². The predicted molar refractivity (Wildman–Crippen MR) is 102 cm³/mol. The summed E-state index contributed by atoms with van der Waals surface area (Å²) in [6.45, 7) is 0.0686. The van der Waals surface area contributed by atoms with Gasteiger partial charge in [0, 0.05) is 11.1 Å². The maximum absolute atomic E-state index is 12.9. The van der Waals surface area contributed by atoms with Gasteiger partial charge in [-0.2, -0.15) is 0 Å². The molecule has 1 saturated carbocycles. The SMILES string of the molecule is O=C(OCc1ccccc1)[C@H]1[C@H](CO)C[C@H](O)C[C@@H]1c1ccc(Br)cc1. The molecule has 1 aliphatic rings. The van der Waals surface area contributed by atoms with E-state index in [9.17, 15) is 15.0 Å². The molecule has 1 fully saturated rings. The third-order valence-corrected chi connectivity index (χ3v) is 5.60. The number of ether oxygens (including phenoxy) is 1. The van der Waals surface area contributed by atoms with Crippen molar-refractivity contribution in [1.29, 1.82) is 0 Å². The summed E-state index contributed by atoms with van der Waals surface area (Å²) >= 11 is 3.42. The van der Waals surface area contributed by atoms with Crippen molar-refractivity contribution >= 4 is 21.9 Å². The summed E-state index contributed by atoms with van der Waals surface area (Å²) < 4.78 is 6.53. The highest BCUT2D eigenvalue weighted by Gasteiger charge is 2.42. The minimum absolute atomic E-state index is 0.144. The van der Waals surface area contributed by atoms with Crippen LogP contribution < -0.4 is 0 Å². The molecule has 3 rings (SSSR count). The minimum Gasteiger partial charge on any atom is -0.461 e. The molecule has 0 radical (unpaired) electrons. The van der Waals surface area contributed by atoms with Crippen LogP contribution in [0.2, 0.25) is 0 Å². The van der Waals surface area contributed by atoms with Crippen LogP contribution in [0.4, 0.5) is 0 Å². The molecule has 0 amide bonds. The molecular formula is C21H23BrO4. The van der Waals surface area contributed by atoms with Crippen molar-refractivity contribution in [2.75, 3.05) is 6.61 Å². The molecule has 4 nitrogen and oxygen atoms in total. The molecule has 2 aromatic rings. The first-order valence-electron chi connectivity index (χ1n) is 8.83. The van der Waals surface area contributed by atoms with E-state index < -0.39 is 12.0 Å². The van der Waals surface area contributed by atoms with Crippen molar-refractivity contribution in [2.24, 2.45) is 11.8 Å². The summed E-state index contributed by atoms with van der Waals surface area (Å²) in [5, 5.41) is 20.0. The number of hydrogen-bond acceptors (Lipinski definition) is 4. The zero-order valence-electron chi connectivity index (χ0n) is 14.4. The Kier molecular flexibility index (Phi) is 6.46. The summed E-state index contributed by atoms with van der Waals surface area (Å²) in [6.07, 6.45) is 0.372. The van der Waals surface area contributed by atoms with Gasteiger partial charge < -0.3 is 14.9 Å². The number of carbonyl (C=O) groups excluding carboxylic acids is 1. The van der Waals surface area contributed by atoms with Gasteiger partial charge in [0.15, 0.2) is 0 Å². The second-order valence-corrected chi connectivity index (χ2v) is 7.76. The molecule has 4 atom stereocenters. The van der Waals surface area contributed by atoms with Crippen molar-refractivity contribution in [3.63, 3.8) is 0 Å². The van der Waals surface area contributed by atoms with E-state index in [1.54, 1.807) is 0 Å². The van der Waals surface area contributed by atoms with Gasteiger partial charge in [-0.3, -0.25) is 4.79 Å². The lowest BCUT2D eigenvalue weighted by Crippen LogP contribution is -2.41. The second-order valence-electron chi connectivity index (χ2n) is 6.85. The number of hydrogen-bond donors (Lipinski definition) is 2. The molecule has 2 aromatic carbocycles. The van der Waals surface area contributed by atoms with Crippen LogP contribution >= 0.6 is 15.9 Å². The lowest BCUT2D eigenvalue weighted by atomic mass is 9.68. The highest BCUT2D eigenvalue weighted by molar-refractivity contribution is 9.10. The van der Waals surface area contributed by atoms with Crippen LogP contribution in [0.15, 0.2) is 59.1 Å². The average molecular weight is 419 g/mol. The van der Waals surface area contributed by atoms with Crippen molar-refractivity contribution < 1.29 is 19.7 Å². The largest absolute Gasteiger partial charge is 0.461 e. The summed E-state index contributed by atoms with van der Waals surface area (Å²) in [4.78, 5) is 12.9. The molecule has 5 heteroatoms. The third-order valence-electron chi connectivity index (χ3n) is 5.07. The van der Waals surface area contributed by atoms with E-state index >= 15 is 0 Å². The van der Waals surface area contributed by atoms with Crippen LogP contribution in [-0.2, 0) is 16.1 Å². The number of aliphatic hydroxyl groups excluding tert-OH is 2. The molecule has 0 unspecified atom stereocenters. The molecule has 0 saturated heterocycles. The van der Waals surface area contributed by atoms with Crippen LogP contribution in [0.25, 0.3) is 0 Å². The van der Waals surface area contributed by atoms with E-state index in [-0.39, 0.29) is 31.0 Å². The first kappa shape index (κ1) is 19.1. The quantitative estimate of drug-likeness (QED) is 0.727. The number of carbonyl (C=O) groups is 1. The molecule has 26 heavy (non-hydrogen) atoms. The van der Waals surface area contributed by atoms with Crippen molar-refractivity contribution in [3.05, 3.63) is 70.2 Å². The molecule has 0 aromatic heterocycles. The zero-order valence-corrected chi connectivity index (χ0v) is 16.0. The van der Waals surface area contributed by atoms with E-state index in [0.717, 1.165) is 15.6 Å². The summed E-state index contributed by atoms with van der Waals surface area (Å²) in [5.74, 6) is -1.26. The number of aliphatic hydroxyl groups is 2. The van der Waals surface area contributed by atoms with Gasteiger partial charge >= 0.3 is 5.97 Å². The molecule has 1 aliphatic carbocycles. The predicted octanol–water partition coefficient (Wildman–Crippen LogP) is 3.66. The third kappa shape index (κ3) is 4.53. The molecule has 0 aliphatic heterocycles. The molecular weight excluding hydrogens is 396 g/mol. The van der Waals surface area contributed by atoms with Gasteiger partial charge in [0.1, 0.15) is 6.61 Å². The number of esters is 1. The Morgan fingerprint density at radius 1 is 1.08 bits per heavy atom. The fourth-order valence-corrected chi connectivity index (χ4v) is 4.05.